The fourth-order valence-corrected chi connectivity index (χ4v) is 1.67. The topological polar surface area (TPSA) is 30.8 Å². The largest absolute Gasteiger partial charge is 0.573 e. The van der Waals surface area contributed by atoms with Crippen LogP contribution in [0.2, 0.25) is 0 Å². The van der Waals surface area contributed by atoms with Crippen LogP contribution in [0.3, 0.4) is 0 Å². The molecule has 7 heteroatoms. The van der Waals surface area contributed by atoms with E-state index < -0.39 is 6.36 Å². The van der Waals surface area contributed by atoms with Gasteiger partial charge in [0.05, 0.1) is 5.71 Å². The lowest BCUT2D eigenvalue weighted by atomic mass is 10.1. The van der Waals surface area contributed by atoms with Crippen molar-refractivity contribution in [2.75, 3.05) is 11.9 Å². The molecular weight excluding hydrogens is 327 g/mol. The Morgan fingerprint density at radius 3 is 2.68 bits per heavy atom. The van der Waals surface area contributed by atoms with Crippen LogP contribution in [-0.2, 0) is 4.84 Å². The number of nitrogens with zero attached hydrogens (tertiary/aromatic N) is 1. The molecular formula is C12H13BrF3NO2. The second kappa shape index (κ2) is 7.37. The summed E-state index contributed by atoms with van der Waals surface area (Å²) in [6, 6.07) is 5.60. The fraction of sp³-hybridized carbons (Fsp3) is 0.417. The normalized spacial score (nSPS) is 12.4. The summed E-state index contributed by atoms with van der Waals surface area (Å²) in [5.41, 5.74) is 1.01. The van der Waals surface area contributed by atoms with Crippen LogP contribution >= 0.6 is 15.9 Å². The molecule has 1 aromatic carbocycles. The molecule has 1 aromatic rings. The molecule has 106 valence electrons. The molecule has 0 heterocycles. The number of ether oxygens (including phenoxy) is 1. The SMILES string of the molecule is CCCO/N=C(\CBr)c1cccc(OC(F)(F)F)c1. The molecule has 0 unspecified atom stereocenters. The molecule has 0 radical (unpaired) electrons. The number of rotatable bonds is 6. The lowest BCUT2D eigenvalue weighted by Gasteiger charge is -2.10. The van der Waals surface area contributed by atoms with Crippen LogP contribution in [0.5, 0.6) is 5.75 Å². The molecule has 0 fully saturated rings. The molecule has 0 atom stereocenters. The monoisotopic (exact) mass is 339 g/mol. The molecule has 0 aliphatic heterocycles. The van der Waals surface area contributed by atoms with E-state index in [4.69, 9.17) is 4.84 Å². The maximum Gasteiger partial charge on any atom is 0.573 e. The van der Waals surface area contributed by atoms with Gasteiger partial charge in [-0.2, -0.15) is 0 Å². The first-order valence-corrected chi connectivity index (χ1v) is 6.69. The lowest BCUT2D eigenvalue weighted by molar-refractivity contribution is -0.274. The van der Waals surface area contributed by atoms with E-state index in [1.807, 2.05) is 6.92 Å². The molecule has 0 aromatic heterocycles. The Kier molecular flexibility index (Phi) is 6.14. The summed E-state index contributed by atoms with van der Waals surface area (Å²) in [6.45, 7) is 2.39. The van der Waals surface area contributed by atoms with Crippen LogP contribution in [-0.4, -0.2) is 24.0 Å². The third-order valence-corrected chi connectivity index (χ3v) is 2.53. The van der Waals surface area contributed by atoms with Crippen molar-refractivity contribution in [3.8, 4) is 5.75 Å². The standard InChI is InChI=1S/C12H13BrF3NO2/c1-2-6-18-17-11(8-13)9-4-3-5-10(7-9)19-12(14,15)16/h3-5,7H,2,6,8H2,1H3/b17-11+. The summed E-state index contributed by atoms with van der Waals surface area (Å²) < 4.78 is 40.2. The zero-order chi connectivity index (χ0) is 14.3. The van der Waals surface area contributed by atoms with Crippen molar-refractivity contribution in [1.29, 1.82) is 0 Å². The lowest BCUT2D eigenvalue weighted by Crippen LogP contribution is -2.17. The van der Waals surface area contributed by atoms with Gasteiger partial charge in [-0.3, -0.25) is 0 Å². The van der Waals surface area contributed by atoms with Crippen LogP contribution in [0.4, 0.5) is 13.2 Å². The molecule has 0 saturated carbocycles. The summed E-state index contributed by atoms with van der Waals surface area (Å²) in [4.78, 5) is 5.03. The summed E-state index contributed by atoms with van der Waals surface area (Å²) >= 11 is 3.22. The smallest absolute Gasteiger partial charge is 0.406 e. The van der Waals surface area contributed by atoms with Crippen molar-refractivity contribution in [3.63, 3.8) is 0 Å². The number of halogens is 4. The van der Waals surface area contributed by atoms with Gasteiger partial charge in [-0.25, -0.2) is 0 Å². The van der Waals surface area contributed by atoms with E-state index >= 15 is 0 Å². The quantitative estimate of drug-likeness (QED) is 0.338. The van der Waals surface area contributed by atoms with Gasteiger partial charge >= 0.3 is 6.36 Å². The van der Waals surface area contributed by atoms with Crippen molar-refractivity contribution in [1.82, 2.24) is 0 Å². The minimum absolute atomic E-state index is 0.283. The van der Waals surface area contributed by atoms with Gasteiger partial charge in [0.2, 0.25) is 0 Å². The second-order valence-corrected chi connectivity index (χ2v) is 4.14. The molecule has 0 spiro atoms. The van der Waals surface area contributed by atoms with Gasteiger partial charge in [0.1, 0.15) is 12.4 Å². The zero-order valence-corrected chi connectivity index (χ0v) is 11.8. The van der Waals surface area contributed by atoms with Crippen molar-refractivity contribution in [2.24, 2.45) is 5.16 Å². The first kappa shape index (κ1) is 15.8. The molecule has 0 amide bonds. The number of alkyl halides is 4. The molecule has 0 saturated heterocycles. The number of hydrogen-bond acceptors (Lipinski definition) is 3. The summed E-state index contributed by atoms with van der Waals surface area (Å²) in [5.74, 6) is -0.283. The van der Waals surface area contributed by atoms with Crippen LogP contribution < -0.4 is 4.74 Å². The minimum Gasteiger partial charge on any atom is -0.406 e. The Bertz CT molecular complexity index is 435. The maximum atomic E-state index is 12.1. The van der Waals surface area contributed by atoms with Crippen LogP contribution in [0, 0.1) is 0 Å². The van der Waals surface area contributed by atoms with Gasteiger partial charge in [0.15, 0.2) is 0 Å². The van der Waals surface area contributed by atoms with E-state index in [0.717, 1.165) is 6.42 Å². The fourth-order valence-electron chi connectivity index (χ4n) is 1.24. The van der Waals surface area contributed by atoms with E-state index in [2.05, 4.69) is 25.8 Å². The first-order valence-electron chi connectivity index (χ1n) is 5.57. The highest BCUT2D eigenvalue weighted by molar-refractivity contribution is 9.09. The first-order chi connectivity index (χ1) is 8.96. The van der Waals surface area contributed by atoms with E-state index in [1.54, 1.807) is 6.07 Å². The van der Waals surface area contributed by atoms with Crippen molar-refractivity contribution >= 4 is 21.6 Å². The molecule has 0 N–H and O–H groups in total. The van der Waals surface area contributed by atoms with Crippen LogP contribution in [0.25, 0.3) is 0 Å². The molecule has 1 rings (SSSR count). The van der Waals surface area contributed by atoms with Gasteiger partial charge in [-0.15, -0.1) is 13.2 Å². The average molecular weight is 340 g/mol. The highest BCUT2D eigenvalue weighted by atomic mass is 79.9. The highest BCUT2D eigenvalue weighted by Gasteiger charge is 2.31. The molecule has 3 nitrogen and oxygen atoms in total. The summed E-state index contributed by atoms with van der Waals surface area (Å²) in [6.07, 6.45) is -3.90. The predicted molar refractivity (Wildman–Crippen MR) is 69.7 cm³/mol. The van der Waals surface area contributed by atoms with Crippen LogP contribution in [0.15, 0.2) is 29.4 Å². The Morgan fingerprint density at radius 1 is 1.37 bits per heavy atom. The summed E-state index contributed by atoms with van der Waals surface area (Å²) in [7, 11) is 0. The van der Waals surface area contributed by atoms with E-state index in [0.29, 0.717) is 23.2 Å². The molecule has 19 heavy (non-hydrogen) atoms. The van der Waals surface area contributed by atoms with Crippen LogP contribution in [0.1, 0.15) is 18.9 Å². The number of hydrogen-bond donors (Lipinski definition) is 0. The van der Waals surface area contributed by atoms with Crippen molar-refractivity contribution in [3.05, 3.63) is 29.8 Å². The summed E-state index contributed by atoms with van der Waals surface area (Å²) in [5, 5.41) is 4.24. The van der Waals surface area contributed by atoms with E-state index in [-0.39, 0.29) is 5.75 Å². The Labute approximate surface area is 117 Å². The third-order valence-electron chi connectivity index (χ3n) is 2.00. The second-order valence-electron chi connectivity index (χ2n) is 3.58. The highest BCUT2D eigenvalue weighted by Crippen LogP contribution is 2.23. The Balaban J connectivity index is 2.87. The molecule has 0 aliphatic rings. The van der Waals surface area contributed by atoms with E-state index in [1.165, 1.54) is 18.2 Å². The minimum atomic E-state index is -4.71. The van der Waals surface area contributed by atoms with Gasteiger partial charge in [0, 0.05) is 10.9 Å². The van der Waals surface area contributed by atoms with E-state index in [9.17, 15) is 13.2 Å². The van der Waals surface area contributed by atoms with Gasteiger partial charge in [0.25, 0.3) is 0 Å². The molecule has 0 bridgehead atoms. The van der Waals surface area contributed by atoms with Crippen molar-refractivity contribution < 1.29 is 22.7 Å². The average Bonchev–Trinajstić information content (AvgIpc) is 2.33. The Hall–Kier alpha value is -1.24. The Morgan fingerprint density at radius 2 is 2.11 bits per heavy atom. The van der Waals surface area contributed by atoms with Gasteiger partial charge < -0.3 is 9.57 Å². The van der Waals surface area contributed by atoms with Crippen molar-refractivity contribution in [2.45, 2.75) is 19.7 Å². The maximum absolute atomic E-state index is 12.1. The van der Waals surface area contributed by atoms with Gasteiger partial charge in [-0.1, -0.05) is 40.1 Å². The predicted octanol–water partition coefficient (Wildman–Crippen LogP) is 4.11. The zero-order valence-electron chi connectivity index (χ0n) is 10.2. The van der Waals surface area contributed by atoms with Gasteiger partial charge in [-0.05, 0) is 18.6 Å². The number of oxime groups is 1. The number of benzene rings is 1. The third kappa shape index (κ3) is 5.96. The molecule has 0 aliphatic carbocycles.